The molecule has 2 N–H and O–H groups in total. The molecule has 3 unspecified atom stereocenters. The van der Waals surface area contributed by atoms with Crippen molar-refractivity contribution in [2.75, 3.05) is 12.3 Å². The Morgan fingerprint density at radius 1 is 1.50 bits per heavy atom. The van der Waals surface area contributed by atoms with E-state index in [9.17, 15) is 4.79 Å². The minimum atomic E-state index is 0.111. The third-order valence-corrected chi connectivity index (χ3v) is 5.38. The van der Waals surface area contributed by atoms with Crippen LogP contribution in [0.15, 0.2) is 4.99 Å². The lowest BCUT2D eigenvalue weighted by Gasteiger charge is -2.36. The minimum absolute atomic E-state index is 0.111. The molecule has 2 aliphatic rings. The molecule has 0 aromatic heterocycles. The summed E-state index contributed by atoms with van der Waals surface area (Å²) in [7, 11) is 0. The molecular weight excluding hydrogens is 270 g/mol. The summed E-state index contributed by atoms with van der Waals surface area (Å²) < 4.78 is 0. The fourth-order valence-corrected chi connectivity index (χ4v) is 3.97. The molecule has 2 rings (SSSR count). The van der Waals surface area contributed by atoms with Gasteiger partial charge in [-0.3, -0.25) is 9.79 Å². The number of amides is 1. The first-order valence-electron chi connectivity index (χ1n) is 7.92. The monoisotopic (exact) mass is 297 g/mol. The van der Waals surface area contributed by atoms with E-state index >= 15 is 0 Å². The molecule has 0 spiro atoms. The van der Waals surface area contributed by atoms with Gasteiger partial charge in [0.1, 0.15) is 0 Å². The van der Waals surface area contributed by atoms with Gasteiger partial charge in [0.15, 0.2) is 5.17 Å². The number of thioether (sulfide) groups is 1. The quantitative estimate of drug-likeness (QED) is 0.820. The molecule has 1 amide bonds. The highest BCUT2D eigenvalue weighted by Gasteiger charge is 2.30. The second kappa shape index (κ2) is 7.91. The molecule has 2 fully saturated rings. The Hall–Kier alpha value is -0.710. The first kappa shape index (κ1) is 15.7. The molecule has 1 saturated carbocycles. The third-order valence-electron chi connectivity index (χ3n) is 4.27. The van der Waals surface area contributed by atoms with Gasteiger partial charge in [-0.05, 0) is 32.1 Å². The Bertz CT molecular complexity index is 359. The van der Waals surface area contributed by atoms with Crippen LogP contribution >= 0.6 is 11.8 Å². The van der Waals surface area contributed by atoms with Crippen LogP contribution in [0, 0.1) is 5.92 Å². The number of amidine groups is 1. The van der Waals surface area contributed by atoms with Crippen molar-refractivity contribution in [2.45, 2.75) is 64.5 Å². The van der Waals surface area contributed by atoms with Gasteiger partial charge < -0.3 is 10.6 Å². The van der Waals surface area contributed by atoms with Gasteiger partial charge in [0, 0.05) is 24.3 Å². The Morgan fingerprint density at radius 2 is 2.30 bits per heavy atom. The van der Waals surface area contributed by atoms with E-state index in [1.54, 1.807) is 0 Å². The fourth-order valence-electron chi connectivity index (χ4n) is 2.78. The number of carbonyl (C=O) groups is 1. The zero-order valence-electron chi connectivity index (χ0n) is 12.7. The van der Waals surface area contributed by atoms with Gasteiger partial charge in [-0.2, -0.15) is 0 Å². The molecule has 0 aromatic carbocycles. The Labute approximate surface area is 126 Å². The van der Waals surface area contributed by atoms with Crippen molar-refractivity contribution in [3.05, 3.63) is 0 Å². The topological polar surface area (TPSA) is 53.5 Å². The highest BCUT2D eigenvalue weighted by molar-refractivity contribution is 8.13. The summed E-state index contributed by atoms with van der Waals surface area (Å²) >= 11 is 1.83. The number of fused-ring (bicyclic) bond motifs is 1. The highest BCUT2D eigenvalue weighted by atomic mass is 32.2. The molecule has 3 atom stereocenters. The molecule has 0 radical (unpaired) electrons. The first-order valence-corrected chi connectivity index (χ1v) is 8.90. The average molecular weight is 297 g/mol. The second-order valence-electron chi connectivity index (χ2n) is 5.92. The summed E-state index contributed by atoms with van der Waals surface area (Å²) in [5, 5.41) is 7.59. The Balaban J connectivity index is 1.71. The van der Waals surface area contributed by atoms with Crippen LogP contribution in [0.4, 0.5) is 0 Å². The van der Waals surface area contributed by atoms with Crippen LogP contribution in [-0.4, -0.2) is 35.5 Å². The van der Waals surface area contributed by atoms with Crippen molar-refractivity contribution in [1.82, 2.24) is 10.6 Å². The number of hydrogen-bond acceptors (Lipinski definition) is 3. The molecule has 1 saturated heterocycles. The van der Waals surface area contributed by atoms with Gasteiger partial charge in [0.25, 0.3) is 0 Å². The van der Waals surface area contributed by atoms with Crippen LogP contribution in [-0.2, 0) is 4.79 Å². The number of rotatable bonds is 5. The first-order chi connectivity index (χ1) is 9.69. The van der Waals surface area contributed by atoms with Gasteiger partial charge in [-0.15, -0.1) is 0 Å². The molecular formula is C15H27N3OS. The standard InChI is InChI=1S/C15H27N3OS/c1-3-11(2)17-14(19)8-9-16-15-18-13-7-5-4-6-12(13)10-20-15/h11-13H,3-10H2,1-2H3,(H,16,18)(H,17,19). The smallest absolute Gasteiger partial charge is 0.222 e. The van der Waals surface area contributed by atoms with Crippen molar-refractivity contribution in [2.24, 2.45) is 10.9 Å². The molecule has 0 aromatic rings. The van der Waals surface area contributed by atoms with Gasteiger partial charge in [-0.1, -0.05) is 31.5 Å². The minimum Gasteiger partial charge on any atom is -0.362 e. The summed E-state index contributed by atoms with van der Waals surface area (Å²) in [6.07, 6.45) is 6.81. The summed E-state index contributed by atoms with van der Waals surface area (Å²) in [5.41, 5.74) is 0. The second-order valence-corrected chi connectivity index (χ2v) is 6.93. The van der Waals surface area contributed by atoms with Crippen molar-refractivity contribution < 1.29 is 4.79 Å². The number of carbonyl (C=O) groups excluding carboxylic acids is 1. The Kier molecular flexibility index (Phi) is 6.20. The molecule has 20 heavy (non-hydrogen) atoms. The van der Waals surface area contributed by atoms with E-state index in [0.717, 1.165) is 17.5 Å². The highest BCUT2D eigenvalue weighted by Crippen LogP contribution is 2.31. The predicted molar refractivity (Wildman–Crippen MR) is 86.2 cm³/mol. The lowest BCUT2D eigenvalue weighted by atomic mass is 9.86. The van der Waals surface area contributed by atoms with E-state index in [-0.39, 0.29) is 11.9 Å². The number of aliphatic imine (C=N–C) groups is 1. The predicted octanol–water partition coefficient (Wildman–Crippen LogP) is 2.54. The number of hydrogen-bond donors (Lipinski definition) is 2. The van der Waals surface area contributed by atoms with Crippen LogP contribution in [0.5, 0.6) is 0 Å². The van der Waals surface area contributed by atoms with Crippen LogP contribution in [0.25, 0.3) is 0 Å². The van der Waals surface area contributed by atoms with Gasteiger partial charge >= 0.3 is 0 Å². The largest absolute Gasteiger partial charge is 0.362 e. The maximum Gasteiger partial charge on any atom is 0.222 e. The normalized spacial score (nSPS) is 29.4. The van der Waals surface area contributed by atoms with Gasteiger partial charge in [-0.25, -0.2) is 0 Å². The Morgan fingerprint density at radius 3 is 3.10 bits per heavy atom. The molecule has 4 nitrogen and oxygen atoms in total. The van der Waals surface area contributed by atoms with Crippen molar-refractivity contribution in [1.29, 1.82) is 0 Å². The van der Waals surface area contributed by atoms with E-state index in [1.165, 1.54) is 31.4 Å². The van der Waals surface area contributed by atoms with E-state index in [0.29, 0.717) is 19.0 Å². The van der Waals surface area contributed by atoms with Gasteiger partial charge in [0.05, 0.1) is 6.54 Å². The van der Waals surface area contributed by atoms with E-state index in [4.69, 9.17) is 0 Å². The molecule has 5 heteroatoms. The zero-order chi connectivity index (χ0) is 14.4. The van der Waals surface area contributed by atoms with Crippen LogP contribution in [0.1, 0.15) is 52.4 Å². The molecule has 0 bridgehead atoms. The average Bonchev–Trinajstić information content (AvgIpc) is 2.47. The lowest BCUT2D eigenvalue weighted by molar-refractivity contribution is -0.121. The van der Waals surface area contributed by atoms with Crippen LogP contribution in [0.3, 0.4) is 0 Å². The van der Waals surface area contributed by atoms with E-state index in [2.05, 4.69) is 22.5 Å². The van der Waals surface area contributed by atoms with Crippen LogP contribution < -0.4 is 10.6 Å². The van der Waals surface area contributed by atoms with E-state index in [1.807, 2.05) is 18.7 Å². The summed E-state index contributed by atoms with van der Waals surface area (Å²) in [4.78, 5) is 16.2. The van der Waals surface area contributed by atoms with Crippen molar-refractivity contribution >= 4 is 22.8 Å². The summed E-state index contributed by atoms with van der Waals surface area (Å²) in [5.74, 6) is 2.12. The third kappa shape index (κ3) is 4.69. The van der Waals surface area contributed by atoms with Gasteiger partial charge in [0.2, 0.25) is 5.91 Å². The lowest BCUT2D eigenvalue weighted by Crippen LogP contribution is -2.46. The molecule has 1 heterocycles. The fraction of sp³-hybridized carbons (Fsp3) is 0.867. The van der Waals surface area contributed by atoms with Crippen molar-refractivity contribution in [3.63, 3.8) is 0 Å². The SMILES string of the molecule is CCC(C)NC(=O)CCN=C1NC2CCCCC2CS1. The summed E-state index contributed by atoms with van der Waals surface area (Å²) in [6.45, 7) is 4.70. The van der Waals surface area contributed by atoms with E-state index < -0.39 is 0 Å². The molecule has 1 aliphatic carbocycles. The number of nitrogens with zero attached hydrogens (tertiary/aromatic N) is 1. The maximum atomic E-state index is 11.7. The molecule has 1 aliphatic heterocycles. The zero-order valence-corrected chi connectivity index (χ0v) is 13.5. The summed E-state index contributed by atoms with van der Waals surface area (Å²) in [6, 6.07) is 0.887. The number of nitrogens with one attached hydrogen (secondary N) is 2. The van der Waals surface area contributed by atoms with Crippen molar-refractivity contribution in [3.8, 4) is 0 Å². The maximum absolute atomic E-state index is 11.7. The van der Waals surface area contributed by atoms with Crippen LogP contribution in [0.2, 0.25) is 0 Å². The molecule has 114 valence electrons.